The minimum atomic E-state index is -1.19. The van der Waals surface area contributed by atoms with Gasteiger partial charge in [-0.2, -0.15) is 0 Å². The lowest BCUT2D eigenvalue weighted by Gasteiger charge is -2.12. The van der Waals surface area contributed by atoms with Gasteiger partial charge in [0, 0.05) is 10.5 Å². The molecule has 2 aromatic rings. The van der Waals surface area contributed by atoms with Crippen molar-refractivity contribution in [2.45, 2.75) is 13.0 Å². The molecule has 2 N–H and O–H groups in total. The summed E-state index contributed by atoms with van der Waals surface area (Å²) in [6.07, 6.45) is -1.19. The van der Waals surface area contributed by atoms with Gasteiger partial charge in [-0.1, -0.05) is 28.1 Å². The lowest BCUT2D eigenvalue weighted by atomic mass is 10.1. The van der Waals surface area contributed by atoms with E-state index in [1.165, 1.54) is 6.07 Å². The summed E-state index contributed by atoms with van der Waals surface area (Å²) in [6, 6.07) is 8.09. The van der Waals surface area contributed by atoms with Crippen molar-refractivity contribution in [3.05, 3.63) is 62.1 Å². The summed E-state index contributed by atoms with van der Waals surface area (Å²) < 4.78 is 6.02. The maximum absolute atomic E-state index is 11.4. The molecule has 4 nitrogen and oxygen atoms in total. The second-order valence-corrected chi connectivity index (χ2v) is 4.81. The number of rotatable bonds is 2. The van der Waals surface area contributed by atoms with Crippen molar-refractivity contribution in [1.29, 1.82) is 0 Å². The van der Waals surface area contributed by atoms with Crippen LogP contribution in [0.2, 0.25) is 0 Å². The first-order valence-corrected chi connectivity index (χ1v) is 6.05. The average Bonchev–Trinajstić information content (AvgIpc) is 2.33. The number of hydrogen-bond acceptors (Lipinski definition) is 4. The highest BCUT2D eigenvalue weighted by Crippen LogP contribution is 2.28. The molecule has 1 heterocycles. The van der Waals surface area contributed by atoms with E-state index in [1.807, 2.05) is 6.07 Å². The molecule has 5 heteroatoms. The van der Waals surface area contributed by atoms with E-state index in [2.05, 4.69) is 15.9 Å². The normalized spacial score (nSPS) is 12.4. The van der Waals surface area contributed by atoms with Crippen molar-refractivity contribution in [3.8, 4) is 5.75 Å². The van der Waals surface area contributed by atoms with Gasteiger partial charge in [-0.05, 0) is 24.6 Å². The molecule has 1 unspecified atom stereocenters. The fourth-order valence-electron chi connectivity index (χ4n) is 1.64. The highest BCUT2D eigenvalue weighted by molar-refractivity contribution is 9.10. The van der Waals surface area contributed by atoms with Gasteiger partial charge in [0.05, 0.1) is 0 Å². The number of aliphatic hydroxyl groups is 1. The molecule has 0 fully saturated rings. The fourth-order valence-corrected chi connectivity index (χ4v) is 2.06. The fraction of sp³-hybridized carbons (Fsp3) is 0.154. The second-order valence-electron chi connectivity index (χ2n) is 3.89. The predicted octanol–water partition coefficient (Wildman–Crippen LogP) is 2.50. The van der Waals surface area contributed by atoms with Crippen LogP contribution >= 0.6 is 15.9 Å². The van der Waals surface area contributed by atoms with Gasteiger partial charge in [-0.15, -0.1) is 0 Å². The lowest BCUT2D eigenvalue weighted by molar-refractivity contribution is 0.176. The van der Waals surface area contributed by atoms with Crippen molar-refractivity contribution in [1.82, 2.24) is 0 Å². The van der Waals surface area contributed by atoms with E-state index >= 15 is 0 Å². The summed E-state index contributed by atoms with van der Waals surface area (Å²) in [4.78, 5) is 11.4. The largest absolute Gasteiger partial charge is 0.502 e. The molecule has 1 atom stereocenters. The third-order valence-electron chi connectivity index (χ3n) is 2.48. The molecule has 0 aliphatic heterocycles. The van der Waals surface area contributed by atoms with Crippen LogP contribution in [0.1, 0.15) is 23.2 Å². The summed E-state index contributed by atoms with van der Waals surface area (Å²) >= 11 is 3.28. The number of benzene rings is 1. The van der Waals surface area contributed by atoms with E-state index in [1.54, 1.807) is 25.1 Å². The molecule has 1 aromatic heterocycles. The standard InChI is InChI=1S/C13H11BrO4/c1-7-5-10(15)12(17)13(18-7)11(16)8-3-2-4-9(14)6-8/h2-6,11,16-17H,1H3. The summed E-state index contributed by atoms with van der Waals surface area (Å²) in [5.74, 6) is -0.368. The van der Waals surface area contributed by atoms with Crippen LogP contribution in [0.5, 0.6) is 5.75 Å². The number of aliphatic hydroxyl groups excluding tert-OH is 1. The zero-order valence-corrected chi connectivity index (χ0v) is 11.1. The average molecular weight is 311 g/mol. The summed E-state index contributed by atoms with van der Waals surface area (Å²) in [6.45, 7) is 1.58. The van der Waals surface area contributed by atoms with Crippen LogP contribution in [-0.2, 0) is 0 Å². The van der Waals surface area contributed by atoms with Gasteiger partial charge in [-0.3, -0.25) is 4.79 Å². The molecule has 0 aliphatic rings. The van der Waals surface area contributed by atoms with Gasteiger partial charge < -0.3 is 14.6 Å². The maximum Gasteiger partial charge on any atom is 0.227 e. The highest BCUT2D eigenvalue weighted by Gasteiger charge is 2.20. The zero-order valence-electron chi connectivity index (χ0n) is 9.55. The maximum atomic E-state index is 11.4. The molecule has 0 saturated carbocycles. The van der Waals surface area contributed by atoms with Gasteiger partial charge in [0.25, 0.3) is 0 Å². The molecule has 94 valence electrons. The molecule has 18 heavy (non-hydrogen) atoms. The van der Waals surface area contributed by atoms with Crippen LogP contribution in [0, 0.1) is 6.92 Å². The Morgan fingerprint density at radius 1 is 1.33 bits per heavy atom. The molecule has 0 bridgehead atoms. The predicted molar refractivity (Wildman–Crippen MR) is 69.6 cm³/mol. The lowest BCUT2D eigenvalue weighted by Crippen LogP contribution is -2.08. The topological polar surface area (TPSA) is 70.7 Å². The Morgan fingerprint density at radius 2 is 2.06 bits per heavy atom. The highest BCUT2D eigenvalue weighted by atomic mass is 79.9. The van der Waals surface area contributed by atoms with Gasteiger partial charge >= 0.3 is 0 Å². The van der Waals surface area contributed by atoms with Crippen LogP contribution < -0.4 is 5.43 Å². The van der Waals surface area contributed by atoms with E-state index in [9.17, 15) is 15.0 Å². The minimum absolute atomic E-state index is 0.141. The van der Waals surface area contributed by atoms with Gasteiger partial charge in [0.1, 0.15) is 11.9 Å². The Labute approximate surface area is 112 Å². The molecule has 0 saturated heterocycles. The van der Waals surface area contributed by atoms with Crippen molar-refractivity contribution < 1.29 is 14.6 Å². The van der Waals surface area contributed by atoms with Crippen molar-refractivity contribution in [2.75, 3.05) is 0 Å². The van der Waals surface area contributed by atoms with E-state index in [4.69, 9.17) is 4.42 Å². The van der Waals surface area contributed by atoms with Crippen LogP contribution in [0.3, 0.4) is 0 Å². The van der Waals surface area contributed by atoms with E-state index < -0.39 is 17.3 Å². The Bertz CT molecular complexity index is 633. The van der Waals surface area contributed by atoms with Crippen LogP contribution in [-0.4, -0.2) is 10.2 Å². The van der Waals surface area contributed by atoms with Crippen LogP contribution in [0.25, 0.3) is 0 Å². The Kier molecular flexibility index (Phi) is 3.54. The van der Waals surface area contributed by atoms with Crippen molar-refractivity contribution >= 4 is 15.9 Å². The SMILES string of the molecule is Cc1cc(=O)c(O)c(C(O)c2cccc(Br)c2)o1. The molecule has 2 rings (SSSR count). The monoisotopic (exact) mass is 310 g/mol. The second kappa shape index (κ2) is 4.96. The number of hydrogen-bond donors (Lipinski definition) is 2. The minimum Gasteiger partial charge on any atom is -0.502 e. The van der Waals surface area contributed by atoms with Gasteiger partial charge in [0.15, 0.2) is 5.76 Å². The van der Waals surface area contributed by atoms with Gasteiger partial charge in [-0.25, -0.2) is 0 Å². The van der Waals surface area contributed by atoms with E-state index in [0.29, 0.717) is 11.3 Å². The summed E-state index contributed by atoms with van der Waals surface area (Å²) in [7, 11) is 0. The first-order chi connectivity index (χ1) is 8.49. The first kappa shape index (κ1) is 12.9. The summed E-state index contributed by atoms with van der Waals surface area (Å²) in [5, 5.41) is 19.8. The van der Waals surface area contributed by atoms with Crippen molar-refractivity contribution in [2.24, 2.45) is 0 Å². The molecular weight excluding hydrogens is 300 g/mol. The van der Waals surface area contributed by atoms with E-state index in [-0.39, 0.29) is 5.76 Å². The first-order valence-electron chi connectivity index (χ1n) is 5.26. The van der Waals surface area contributed by atoms with Crippen LogP contribution in [0.4, 0.5) is 0 Å². The number of aryl methyl sites for hydroxylation is 1. The molecular formula is C13H11BrO4. The molecule has 0 spiro atoms. The molecule has 0 radical (unpaired) electrons. The third-order valence-corrected chi connectivity index (χ3v) is 2.98. The van der Waals surface area contributed by atoms with E-state index in [0.717, 1.165) is 4.47 Å². The van der Waals surface area contributed by atoms with Gasteiger partial charge in [0.2, 0.25) is 11.2 Å². The Balaban J connectivity index is 2.52. The quantitative estimate of drug-likeness (QED) is 0.894. The molecule has 0 aliphatic carbocycles. The number of aromatic hydroxyl groups is 1. The number of halogens is 1. The Hall–Kier alpha value is -1.59. The zero-order chi connectivity index (χ0) is 13.3. The van der Waals surface area contributed by atoms with Crippen LogP contribution in [0.15, 0.2) is 44.0 Å². The third kappa shape index (κ3) is 2.47. The summed E-state index contributed by atoms with van der Waals surface area (Å²) in [5.41, 5.74) is -0.0452. The Morgan fingerprint density at radius 3 is 2.72 bits per heavy atom. The molecule has 0 amide bonds. The molecule has 1 aromatic carbocycles. The smallest absolute Gasteiger partial charge is 0.227 e. The van der Waals surface area contributed by atoms with Crippen molar-refractivity contribution in [3.63, 3.8) is 0 Å².